The Bertz CT molecular complexity index is 298. The molecule has 0 N–H and O–H groups in total. The molecule has 25 heavy (non-hydrogen) atoms. The van der Waals surface area contributed by atoms with Gasteiger partial charge in [-0.05, 0) is 12.8 Å². The fraction of sp³-hybridized carbons (Fsp3) is 0.913. The number of rotatable bonds is 20. The van der Waals surface area contributed by atoms with E-state index in [1.165, 1.54) is 89.9 Å². The summed E-state index contributed by atoms with van der Waals surface area (Å²) in [4.78, 5) is 22.7. The van der Waals surface area contributed by atoms with Crippen LogP contribution in [0.25, 0.3) is 0 Å². The third kappa shape index (κ3) is 16.6. The highest BCUT2D eigenvalue weighted by molar-refractivity contribution is 6.25. The molecule has 2 heteroatoms. The van der Waals surface area contributed by atoms with E-state index < -0.39 is 0 Å². The van der Waals surface area contributed by atoms with E-state index in [0.717, 1.165) is 25.7 Å². The highest BCUT2D eigenvalue weighted by atomic mass is 16.2. The summed E-state index contributed by atoms with van der Waals surface area (Å²) in [7, 11) is 0. The zero-order chi connectivity index (χ0) is 18.6. The van der Waals surface area contributed by atoms with E-state index in [9.17, 15) is 9.59 Å². The highest BCUT2D eigenvalue weighted by Crippen LogP contribution is 2.20. The Kier molecular flexibility index (Phi) is 19.1. The molecule has 0 aliphatic carbocycles. The van der Waals surface area contributed by atoms with Crippen LogP contribution in [-0.2, 0) is 9.59 Å². The molecule has 0 aromatic rings. The molecule has 0 amide bonds. The molecule has 0 aliphatic heterocycles. The normalized spacial score (nSPS) is 12.2. The maximum atomic E-state index is 11.8. The van der Waals surface area contributed by atoms with Crippen LogP contribution in [0.1, 0.15) is 129 Å². The van der Waals surface area contributed by atoms with Crippen molar-refractivity contribution in [3.63, 3.8) is 0 Å². The van der Waals surface area contributed by atoms with E-state index in [4.69, 9.17) is 0 Å². The first kappa shape index (κ1) is 24.3. The summed E-state index contributed by atoms with van der Waals surface area (Å²) >= 11 is 0. The van der Waals surface area contributed by atoms with Gasteiger partial charge < -0.3 is 0 Å². The van der Waals surface area contributed by atoms with Crippen molar-refractivity contribution >= 4 is 12.1 Å². The third-order valence-electron chi connectivity index (χ3n) is 5.33. The lowest BCUT2D eigenvalue weighted by Gasteiger charge is -2.13. The van der Waals surface area contributed by atoms with Crippen LogP contribution in [-0.4, -0.2) is 12.1 Å². The Hall–Kier alpha value is -0.660. The van der Waals surface area contributed by atoms with Crippen LogP contribution < -0.4 is 0 Å². The Labute approximate surface area is 157 Å². The van der Waals surface area contributed by atoms with Gasteiger partial charge in [0, 0.05) is 5.92 Å². The number of carbonyl (C=O) groups excluding carboxylic acids is 2. The Morgan fingerprint density at radius 1 is 0.600 bits per heavy atom. The summed E-state index contributed by atoms with van der Waals surface area (Å²) in [6.45, 7) is 4.49. The first-order chi connectivity index (χ1) is 12.3. The Morgan fingerprint density at radius 3 is 1.24 bits per heavy atom. The quantitative estimate of drug-likeness (QED) is 0.130. The van der Waals surface area contributed by atoms with Crippen LogP contribution in [0, 0.1) is 5.92 Å². The largest absolute Gasteiger partial charge is 0.295 e. The van der Waals surface area contributed by atoms with Gasteiger partial charge in [-0.2, -0.15) is 0 Å². The maximum Gasteiger partial charge on any atom is 0.198 e. The number of carbonyl (C=O) groups is 2. The van der Waals surface area contributed by atoms with Gasteiger partial charge in [-0.3, -0.25) is 9.59 Å². The SMILES string of the molecule is CCCCCCCCCCCCC(CCCCCCCC)C(=O)C=O. The van der Waals surface area contributed by atoms with E-state index in [2.05, 4.69) is 13.8 Å². The van der Waals surface area contributed by atoms with Gasteiger partial charge in [0.05, 0.1) is 0 Å². The fourth-order valence-electron chi connectivity index (χ4n) is 3.57. The van der Waals surface area contributed by atoms with Gasteiger partial charge in [-0.15, -0.1) is 0 Å². The van der Waals surface area contributed by atoms with Gasteiger partial charge in [0.1, 0.15) is 0 Å². The van der Waals surface area contributed by atoms with Crippen LogP contribution in [0.4, 0.5) is 0 Å². The average Bonchev–Trinajstić information content (AvgIpc) is 2.63. The van der Waals surface area contributed by atoms with E-state index >= 15 is 0 Å². The second-order valence-electron chi connectivity index (χ2n) is 7.74. The number of hydrogen-bond donors (Lipinski definition) is 0. The van der Waals surface area contributed by atoms with Gasteiger partial charge in [0.2, 0.25) is 0 Å². The van der Waals surface area contributed by atoms with Gasteiger partial charge in [-0.1, -0.05) is 117 Å². The molecule has 0 radical (unpaired) electrons. The minimum Gasteiger partial charge on any atom is -0.295 e. The lowest BCUT2D eigenvalue weighted by molar-refractivity contribution is -0.132. The lowest BCUT2D eigenvalue weighted by Crippen LogP contribution is -2.15. The second kappa shape index (κ2) is 19.7. The molecule has 2 nitrogen and oxygen atoms in total. The van der Waals surface area contributed by atoms with Crippen molar-refractivity contribution in [3.8, 4) is 0 Å². The van der Waals surface area contributed by atoms with Crippen molar-refractivity contribution in [2.24, 2.45) is 5.92 Å². The van der Waals surface area contributed by atoms with Crippen LogP contribution in [0.2, 0.25) is 0 Å². The standard InChI is InChI=1S/C23H44O2/c1-3-5-7-9-11-12-13-14-16-18-20-22(23(25)21-24)19-17-15-10-8-6-4-2/h21-22H,3-20H2,1-2H3. The predicted molar refractivity (Wildman–Crippen MR) is 109 cm³/mol. The second-order valence-corrected chi connectivity index (χ2v) is 7.74. The lowest BCUT2D eigenvalue weighted by atomic mass is 9.91. The molecule has 1 atom stereocenters. The molecule has 0 aromatic heterocycles. The maximum absolute atomic E-state index is 11.8. The smallest absolute Gasteiger partial charge is 0.198 e. The Balaban J connectivity index is 3.62. The topological polar surface area (TPSA) is 34.1 Å². The molecule has 0 spiro atoms. The van der Waals surface area contributed by atoms with Crippen molar-refractivity contribution in [3.05, 3.63) is 0 Å². The van der Waals surface area contributed by atoms with Gasteiger partial charge in [0.15, 0.2) is 12.1 Å². The highest BCUT2D eigenvalue weighted by Gasteiger charge is 2.16. The van der Waals surface area contributed by atoms with Crippen molar-refractivity contribution in [2.45, 2.75) is 129 Å². The van der Waals surface area contributed by atoms with Gasteiger partial charge in [-0.25, -0.2) is 0 Å². The average molecular weight is 353 g/mol. The van der Waals surface area contributed by atoms with Crippen molar-refractivity contribution < 1.29 is 9.59 Å². The van der Waals surface area contributed by atoms with Crippen LogP contribution in [0.3, 0.4) is 0 Å². The number of Topliss-reactive ketones (excluding diaryl/α,β-unsaturated/α-hetero) is 1. The van der Waals surface area contributed by atoms with Gasteiger partial charge in [0.25, 0.3) is 0 Å². The van der Waals surface area contributed by atoms with Crippen molar-refractivity contribution in [1.29, 1.82) is 0 Å². The molecule has 0 saturated carbocycles. The van der Waals surface area contributed by atoms with Crippen molar-refractivity contribution in [2.75, 3.05) is 0 Å². The molecule has 0 aliphatic rings. The summed E-state index contributed by atoms with van der Waals surface area (Å²) < 4.78 is 0. The van der Waals surface area contributed by atoms with Crippen LogP contribution in [0.5, 0.6) is 0 Å². The monoisotopic (exact) mass is 352 g/mol. The number of aldehydes is 1. The summed E-state index contributed by atoms with van der Waals surface area (Å²) in [5.74, 6) is -0.165. The number of unbranched alkanes of at least 4 members (excludes halogenated alkanes) is 14. The summed E-state index contributed by atoms with van der Waals surface area (Å²) in [6.07, 6.45) is 23.0. The zero-order valence-corrected chi connectivity index (χ0v) is 17.2. The molecule has 0 bridgehead atoms. The van der Waals surface area contributed by atoms with E-state index in [1.54, 1.807) is 0 Å². The van der Waals surface area contributed by atoms with Crippen LogP contribution >= 0.6 is 0 Å². The van der Waals surface area contributed by atoms with E-state index in [-0.39, 0.29) is 11.7 Å². The molecule has 0 fully saturated rings. The number of hydrogen-bond acceptors (Lipinski definition) is 2. The minimum absolute atomic E-state index is 0.00211. The van der Waals surface area contributed by atoms with E-state index in [0.29, 0.717) is 6.29 Å². The molecule has 0 saturated heterocycles. The molecule has 1 unspecified atom stereocenters. The van der Waals surface area contributed by atoms with E-state index in [1.807, 2.05) is 0 Å². The summed E-state index contributed by atoms with van der Waals surface area (Å²) in [6, 6.07) is 0. The van der Waals surface area contributed by atoms with Gasteiger partial charge >= 0.3 is 0 Å². The summed E-state index contributed by atoms with van der Waals surface area (Å²) in [5, 5.41) is 0. The molecule has 148 valence electrons. The third-order valence-corrected chi connectivity index (χ3v) is 5.33. The first-order valence-corrected chi connectivity index (χ1v) is 11.2. The van der Waals surface area contributed by atoms with Crippen LogP contribution in [0.15, 0.2) is 0 Å². The minimum atomic E-state index is -0.163. The molecular weight excluding hydrogens is 308 g/mol. The summed E-state index contributed by atoms with van der Waals surface area (Å²) in [5.41, 5.74) is 0. The number of ketones is 1. The molecule has 0 rings (SSSR count). The predicted octanol–water partition coefficient (Wildman–Crippen LogP) is 7.43. The molecule has 0 heterocycles. The molecule has 0 aromatic carbocycles. The Morgan fingerprint density at radius 2 is 0.920 bits per heavy atom. The zero-order valence-electron chi connectivity index (χ0n) is 17.2. The fourth-order valence-corrected chi connectivity index (χ4v) is 3.57. The first-order valence-electron chi connectivity index (χ1n) is 11.2. The molecular formula is C23H44O2. The van der Waals surface area contributed by atoms with Crippen molar-refractivity contribution in [1.82, 2.24) is 0 Å².